The van der Waals surface area contributed by atoms with Gasteiger partial charge >= 0.3 is 0 Å². The zero-order valence-electron chi connectivity index (χ0n) is 16.1. The Labute approximate surface area is 155 Å². The summed E-state index contributed by atoms with van der Waals surface area (Å²) in [7, 11) is 0. The van der Waals surface area contributed by atoms with Crippen LogP contribution in [0.25, 0.3) is 5.57 Å². The lowest BCUT2D eigenvalue weighted by Gasteiger charge is -2.36. The van der Waals surface area contributed by atoms with Crippen LogP contribution >= 0.6 is 0 Å². The molecule has 134 valence electrons. The molecule has 2 aromatic carbocycles. The summed E-state index contributed by atoms with van der Waals surface area (Å²) in [5.41, 5.74) is 4.28. The summed E-state index contributed by atoms with van der Waals surface area (Å²) in [5, 5.41) is 0. The van der Waals surface area contributed by atoms with Crippen LogP contribution in [-0.2, 0) is 5.41 Å². The topological polar surface area (TPSA) is 0 Å². The molecule has 0 aliphatic heterocycles. The summed E-state index contributed by atoms with van der Waals surface area (Å²) in [6.45, 7) is 9.06. The zero-order valence-corrected chi connectivity index (χ0v) is 16.1. The monoisotopic (exact) mass is 334 g/mol. The van der Waals surface area contributed by atoms with Crippen LogP contribution in [0.15, 0.2) is 67.2 Å². The van der Waals surface area contributed by atoms with E-state index >= 15 is 0 Å². The van der Waals surface area contributed by atoms with Crippen LogP contribution < -0.4 is 0 Å². The van der Waals surface area contributed by atoms with Gasteiger partial charge in [-0.25, -0.2) is 0 Å². The van der Waals surface area contributed by atoms with Gasteiger partial charge in [0.25, 0.3) is 0 Å². The van der Waals surface area contributed by atoms with Gasteiger partial charge in [-0.15, -0.1) is 0 Å². The van der Waals surface area contributed by atoms with Crippen molar-refractivity contribution in [2.45, 2.75) is 70.6 Å². The molecule has 0 aliphatic rings. The van der Waals surface area contributed by atoms with E-state index in [-0.39, 0.29) is 5.41 Å². The van der Waals surface area contributed by atoms with E-state index < -0.39 is 0 Å². The molecule has 0 heteroatoms. The van der Waals surface area contributed by atoms with Crippen molar-refractivity contribution in [1.82, 2.24) is 0 Å². The molecule has 0 spiro atoms. The van der Waals surface area contributed by atoms with E-state index in [0.29, 0.717) is 0 Å². The summed E-state index contributed by atoms with van der Waals surface area (Å²) in [6.07, 6.45) is 10.0. The third kappa shape index (κ3) is 5.59. The highest BCUT2D eigenvalue weighted by molar-refractivity contribution is 5.64. The molecule has 0 amide bonds. The maximum absolute atomic E-state index is 4.47. The van der Waals surface area contributed by atoms with Gasteiger partial charge in [-0.2, -0.15) is 0 Å². The number of rotatable bonds is 11. The minimum absolute atomic E-state index is 0.222. The zero-order chi connectivity index (χ0) is 18.0. The van der Waals surface area contributed by atoms with E-state index in [1.807, 2.05) is 0 Å². The molecule has 0 aromatic heterocycles. The number of unbranched alkanes of at least 4 members (excludes halogenated alkanes) is 3. The Morgan fingerprint density at radius 1 is 0.760 bits per heavy atom. The average molecular weight is 335 g/mol. The summed E-state index contributed by atoms with van der Waals surface area (Å²) < 4.78 is 0. The van der Waals surface area contributed by atoms with Crippen molar-refractivity contribution in [2.24, 2.45) is 0 Å². The van der Waals surface area contributed by atoms with Crippen LogP contribution in [0.1, 0.15) is 76.3 Å². The lowest BCUT2D eigenvalue weighted by atomic mass is 9.68. The van der Waals surface area contributed by atoms with E-state index in [4.69, 9.17) is 0 Å². The molecule has 0 nitrogen and oxygen atoms in total. The molecule has 1 unspecified atom stereocenters. The molecule has 0 aliphatic carbocycles. The maximum atomic E-state index is 4.47. The number of hydrogen-bond acceptors (Lipinski definition) is 0. The smallest absolute Gasteiger partial charge is 0.000665 e. The number of allylic oxidation sites excluding steroid dienone is 1. The van der Waals surface area contributed by atoms with Gasteiger partial charge in [0.1, 0.15) is 0 Å². The van der Waals surface area contributed by atoms with Gasteiger partial charge in [-0.3, -0.25) is 0 Å². The third-order valence-corrected chi connectivity index (χ3v) is 5.39. The molecule has 0 fully saturated rings. The molecule has 0 N–H and O–H groups in total. The van der Waals surface area contributed by atoms with Crippen molar-refractivity contribution in [3.05, 3.63) is 78.4 Å². The molecule has 0 radical (unpaired) electrons. The van der Waals surface area contributed by atoms with Crippen LogP contribution in [0.4, 0.5) is 0 Å². The van der Waals surface area contributed by atoms with Crippen molar-refractivity contribution in [3.8, 4) is 0 Å². The van der Waals surface area contributed by atoms with Crippen molar-refractivity contribution < 1.29 is 0 Å². The molecule has 1 atom stereocenters. The molecule has 0 heterocycles. The maximum Gasteiger partial charge on any atom is -0.000665 e. The van der Waals surface area contributed by atoms with E-state index in [9.17, 15) is 0 Å². The molecule has 25 heavy (non-hydrogen) atoms. The normalized spacial score (nSPS) is 13.4. The first kappa shape index (κ1) is 19.5. The van der Waals surface area contributed by atoms with Gasteiger partial charge in [-0.1, -0.05) is 113 Å². The van der Waals surface area contributed by atoms with E-state index in [1.165, 1.54) is 61.6 Å². The van der Waals surface area contributed by atoms with Crippen molar-refractivity contribution in [3.63, 3.8) is 0 Å². The van der Waals surface area contributed by atoms with E-state index in [2.05, 4.69) is 81.1 Å². The highest BCUT2D eigenvalue weighted by Gasteiger charge is 2.31. The average Bonchev–Trinajstić information content (AvgIpc) is 2.67. The van der Waals surface area contributed by atoms with Gasteiger partial charge in [0.2, 0.25) is 0 Å². The minimum atomic E-state index is 0.222. The number of benzene rings is 2. The summed E-state index contributed by atoms with van der Waals surface area (Å²) in [5.74, 6) is 0. The Morgan fingerprint density at radius 3 is 1.92 bits per heavy atom. The summed E-state index contributed by atoms with van der Waals surface area (Å²) >= 11 is 0. The van der Waals surface area contributed by atoms with Crippen LogP contribution in [0.5, 0.6) is 0 Å². The second kappa shape index (κ2) is 10.2. The quantitative estimate of drug-likeness (QED) is 0.368. The summed E-state index contributed by atoms with van der Waals surface area (Å²) in [4.78, 5) is 0. The van der Waals surface area contributed by atoms with Crippen molar-refractivity contribution in [1.29, 1.82) is 0 Å². The van der Waals surface area contributed by atoms with Crippen LogP contribution in [0.2, 0.25) is 0 Å². The van der Waals surface area contributed by atoms with Gasteiger partial charge < -0.3 is 0 Å². The molecular formula is C25H34. The van der Waals surface area contributed by atoms with Gasteiger partial charge in [0.05, 0.1) is 0 Å². The lowest BCUT2D eigenvalue weighted by molar-refractivity contribution is 0.345. The van der Waals surface area contributed by atoms with Gasteiger partial charge in [0, 0.05) is 0 Å². The van der Waals surface area contributed by atoms with Gasteiger partial charge in [-0.05, 0) is 41.4 Å². The SMILES string of the molecule is C=C(CC(CCCC)(CCCCC)c1ccccc1)c1ccccc1. The molecule has 0 bridgehead atoms. The fourth-order valence-corrected chi connectivity index (χ4v) is 3.90. The first-order valence-corrected chi connectivity index (χ1v) is 10.0. The molecule has 0 saturated heterocycles. The molecular weight excluding hydrogens is 300 g/mol. The third-order valence-electron chi connectivity index (χ3n) is 5.39. The van der Waals surface area contributed by atoms with Crippen LogP contribution in [0, 0.1) is 0 Å². The fraction of sp³-hybridized carbons (Fsp3) is 0.440. The second-order valence-corrected chi connectivity index (χ2v) is 7.35. The van der Waals surface area contributed by atoms with Crippen molar-refractivity contribution >= 4 is 5.57 Å². The first-order valence-electron chi connectivity index (χ1n) is 10.0. The standard InChI is InChI=1S/C25H34/c1-4-6-14-20-25(19-7-5-2,24-17-12-9-13-18-24)21-22(3)23-15-10-8-11-16-23/h8-13,15-18H,3-7,14,19-21H2,1-2H3. The second-order valence-electron chi connectivity index (χ2n) is 7.35. The Hall–Kier alpha value is -1.82. The van der Waals surface area contributed by atoms with Gasteiger partial charge in [0.15, 0.2) is 0 Å². The van der Waals surface area contributed by atoms with Crippen LogP contribution in [0.3, 0.4) is 0 Å². The highest BCUT2D eigenvalue weighted by atomic mass is 14.4. The summed E-state index contributed by atoms with van der Waals surface area (Å²) in [6, 6.07) is 21.9. The Kier molecular flexibility index (Phi) is 7.98. The predicted octanol–water partition coefficient (Wildman–Crippen LogP) is 7.80. The Balaban J connectivity index is 2.32. The first-order chi connectivity index (χ1) is 12.2. The predicted molar refractivity (Wildman–Crippen MR) is 112 cm³/mol. The van der Waals surface area contributed by atoms with Crippen molar-refractivity contribution in [2.75, 3.05) is 0 Å². The highest BCUT2D eigenvalue weighted by Crippen LogP contribution is 2.42. The molecule has 2 aromatic rings. The Morgan fingerprint density at radius 2 is 1.32 bits per heavy atom. The Bertz CT molecular complexity index is 611. The number of hydrogen-bond donors (Lipinski definition) is 0. The lowest BCUT2D eigenvalue weighted by Crippen LogP contribution is -2.27. The molecule has 2 rings (SSSR count). The van der Waals surface area contributed by atoms with E-state index in [0.717, 1.165) is 6.42 Å². The fourth-order valence-electron chi connectivity index (χ4n) is 3.90. The van der Waals surface area contributed by atoms with E-state index in [1.54, 1.807) is 0 Å². The minimum Gasteiger partial charge on any atom is -0.0952 e. The van der Waals surface area contributed by atoms with Crippen LogP contribution in [-0.4, -0.2) is 0 Å². The molecule has 0 saturated carbocycles. The largest absolute Gasteiger partial charge is 0.0952 e.